The van der Waals surface area contributed by atoms with E-state index >= 15 is 0 Å². The molecule has 0 radical (unpaired) electrons. The maximum atomic E-state index is 11.5. The molecule has 0 heterocycles. The minimum absolute atomic E-state index is 0.925. The van der Waals surface area contributed by atoms with E-state index in [1.165, 1.54) is 0 Å². The van der Waals surface area contributed by atoms with Gasteiger partial charge >= 0.3 is 6.08 Å². The fourth-order valence-corrected chi connectivity index (χ4v) is 0.158. The van der Waals surface area contributed by atoms with Crippen molar-refractivity contribution in [1.82, 2.24) is 0 Å². The Hall–Kier alpha value is -0.510. The highest BCUT2D eigenvalue weighted by Gasteiger charge is 2.09. The van der Waals surface area contributed by atoms with E-state index < -0.39 is 18.0 Å². The Bertz CT molecular complexity index is 104. The van der Waals surface area contributed by atoms with Crippen molar-refractivity contribution in [2.75, 3.05) is 0 Å². The summed E-state index contributed by atoms with van der Waals surface area (Å²) in [5.41, 5.74) is 0. The number of rotatable bonds is 1. The van der Waals surface area contributed by atoms with Crippen LogP contribution in [0.4, 0.5) is 13.2 Å². The van der Waals surface area contributed by atoms with Crippen LogP contribution in [0, 0.1) is 0 Å². The van der Waals surface area contributed by atoms with Crippen LogP contribution in [-0.2, 0) is 0 Å². The van der Waals surface area contributed by atoms with E-state index in [1.807, 2.05) is 0 Å². The van der Waals surface area contributed by atoms with Crippen LogP contribution in [0.5, 0.6) is 0 Å². The maximum Gasteiger partial charge on any atom is 0.304 e. The van der Waals surface area contributed by atoms with Gasteiger partial charge in [0, 0.05) is 0 Å². The van der Waals surface area contributed by atoms with Crippen molar-refractivity contribution >= 4 is 0 Å². The van der Waals surface area contributed by atoms with Gasteiger partial charge in [-0.25, -0.2) is 4.39 Å². The van der Waals surface area contributed by atoms with E-state index in [1.54, 1.807) is 0 Å². The molecule has 0 aromatic rings. The number of hydrogen-bond acceptors (Lipinski definition) is 1. The molecule has 4 heteroatoms. The third-order valence-electron chi connectivity index (χ3n) is 0.547. The van der Waals surface area contributed by atoms with Crippen LogP contribution < -0.4 is 0 Å². The standard InChI is InChI=1S/C4H5F3O/c1-2(8)3(5)4(6)7/h2,8H,1H3. The van der Waals surface area contributed by atoms with Gasteiger partial charge in [-0.1, -0.05) is 0 Å². The Kier molecular flexibility index (Phi) is 2.54. The summed E-state index contributed by atoms with van der Waals surface area (Å²) in [6.07, 6.45) is -4.15. The van der Waals surface area contributed by atoms with Gasteiger partial charge in [0.1, 0.15) is 6.10 Å². The molecule has 0 spiro atoms. The van der Waals surface area contributed by atoms with E-state index in [0.717, 1.165) is 6.92 Å². The highest BCUT2D eigenvalue weighted by Crippen LogP contribution is 2.12. The lowest BCUT2D eigenvalue weighted by Crippen LogP contribution is -1.99. The largest absolute Gasteiger partial charge is 0.386 e. The average Bonchev–Trinajstić information content (AvgIpc) is 1.64. The fraction of sp³-hybridized carbons (Fsp3) is 0.500. The van der Waals surface area contributed by atoms with Gasteiger partial charge in [-0.15, -0.1) is 0 Å². The van der Waals surface area contributed by atoms with Gasteiger partial charge in [-0.05, 0) is 6.92 Å². The molecule has 1 atom stereocenters. The van der Waals surface area contributed by atoms with Crippen LogP contribution in [0.15, 0.2) is 11.9 Å². The number of aliphatic hydroxyl groups is 1. The molecule has 0 aromatic heterocycles. The summed E-state index contributed by atoms with van der Waals surface area (Å²) in [5, 5.41) is 8.08. The molecule has 0 amide bonds. The molecule has 0 saturated heterocycles. The summed E-state index contributed by atoms with van der Waals surface area (Å²) in [6, 6.07) is 0. The molecular formula is C4H5F3O. The number of aliphatic hydroxyl groups excluding tert-OH is 1. The maximum absolute atomic E-state index is 11.5. The fourth-order valence-electron chi connectivity index (χ4n) is 0.158. The van der Waals surface area contributed by atoms with E-state index in [2.05, 4.69) is 0 Å². The second kappa shape index (κ2) is 2.71. The van der Waals surface area contributed by atoms with Crippen molar-refractivity contribution in [3.05, 3.63) is 11.9 Å². The average molecular weight is 126 g/mol. The van der Waals surface area contributed by atoms with Crippen molar-refractivity contribution in [2.45, 2.75) is 13.0 Å². The van der Waals surface area contributed by atoms with Gasteiger partial charge < -0.3 is 5.11 Å². The molecule has 0 aliphatic rings. The van der Waals surface area contributed by atoms with E-state index in [4.69, 9.17) is 5.11 Å². The van der Waals surface area contributed by atoms with Crippen molar-refractivity contribution in [3.63, 3.8) is 0 Å². The van der Waals surface area contributed by atoms with Crippen LogP contribution in [0.2, 0.25) is 0 Å². The number of hydrogen-bond donors (Lipinski definition) is 1. The summed E-state index contributed by atoms with van der Waals surface area (Å²) in [4.78, 5) is 0. The molecule has 0 aliphatic heterocycles. The topological polar surface area (TPSA) is 20.2 Å². The first-order valence-corrected chi connectivity index (χ1v) is 1.94. The Morgan fingerprint density at radius 2 is 1.75 bits per heavy atom. The molecule has 0 fully saturated rings. The molecule has 0 rings (SSSR count). The summed E-state index contributed by atoms with van der Waals surface area (Å²) in [6.45, 7) is 0.925. The Labute approximate surface area is 44.4 Å². The minimum atomic E-state index is -2.46. The third kappa shape index (κ3) is 1.97. The van der Waals surface area contributed by atoms with Crippen molar-refractivity contribution in [3.8, 4) is 0 Å². The van der Waals surface area contributed by atoms with Gasteiger partial charge in [0.05, 0.1) is 0 Å². The lowest BCUT2D eigenvalue weighted by molar-refractivity contribution is 0.185. The molecule has 0 aromatic carbocycles. The van der Waals surface area contributed by atoms with Crippen molar-refractivity contribution in [1.29, 1.82) is 0 Å². The minimum Gasteiger partial charge on any atom is -0.386 e. The van der Waals surface area contributed by atoms with Crippen LogP contribution in [0.25, 0.3) is 0 Å². The molecule has 0 aliphatic carbocycles. The summed E-state index contributed by atoms with van der Waals surface area (Å²) >= 11 is 0. The molecule has 48 valence electrons. The van der Waals surface area contributed by atoms with Gasteiger partial charge in [0.2, 0.25) is 0 Å². The van der Waals surface area contributed by atoms with Gasteiger partial charge in [0.15, 0.2) is 5.83 Å². The normalized spacial score (nSPS) is 13.1. The summed E-state index contributed by atoms with van der Waals surface area (Å²) in [5.74, 6) is -1.76. The zero-order valence-electron chi connectivity index (χ0n) is 4.16. The quantitative estimate of drug-likeness (QED) is 0.563. The second-order valence-corrected chi connectivity index (χ2v) is 1.28. The molecule has 0 saturated carbocycles. The lowest BCUT2D eigenvalue weighted by Gasteiger charge is -1.95. The predicted octanol–water partition coefficient (Wildman–Crippen LogP) is 1.44. The van der Waals surface area contributed by atoms with E-state index in [9.17, 15) is 13.2 Å². The first-order valence-electron chi connectivity index (χ1n) is 1.94. The second-order valence-electron chi connectivity index (χ2n) is 1.28. The zero-order valence-corrected chi connectivity index (χ0v) is 4.16. The van der Waals surface area contributed by atoms with Crippen LogP contribution in [0.1, 0.15) is 6.92 Å². The summed E-state index contributed by atoms with van der Waals surface area (Å²) in [7, 11) is 0. The Morgan fingerprint density at radius 1 is 1.38 bits per heavy atom. The monoisotopic (exact) mass is 126 g/mol. The highest BCUT2D eigenvalue weighted by atomic mass is 19.3. The summed E-state index contributed by atoms with van der Waals surface area (Å²) < 4.78 is 33.6. The Balaban J connectivity index is 4.00. The van der Waals surface area contributed by atoms with E-state index in [-0.39, 0.29) is 0 Å². The van der Waals surface area contributed by atoms with E-state index in [0.29, 0.717) is 0 Å². The van der Waals surface area contributed by atoms with Gasteiger partial charge in [-0.3, -0.25) is 0 Å². The molecule has 1 unspecified atom stereocenters. The lowest BCUT2D eigenvalue weighted by atomic mass is 10.4. The van der Waals surface area contributed by atoms with Gasteiger partial charge in [0.25, 0.3) is 0 Å². The van der Waals surface area contributed by atoms with Crippen LogP contribution in [0.3, 0.4) is 0 Å². The predicted molar refractivity (Wildman–Crippen MR) is 22.0 cm³/mol. The highest BCUT2D eigenvalue weighted by molar-refractivity contribution is 4.96. The molecular weight excluding hydrogens is 121 g/mol. The Morgan fingerprint density at radius 3 is 1.75 bits per heavy atom. The van der Waals surface area contributed by atoms with Crippen molar-refractivity contribution in [2.24, 2.45) is 0 Å². The molecule has 0 bridgehead atoms. The van der Waals surface area contributed by atoms with Gasteiger partial charge in [-0.2, -0.15) is 8.78 Å². The molecule has 8 heavy (non-hydrogen) atoms. The number of halogens is 3. The molecule has 1 N–H and O–H groups in total. The van der Waals surface area contributed by atoms with Crippen molar-refractivity contribution < 1.29 is 18.3 Å². The first kappa shape index (κ1) is 7.49. The van der Waals surface area contributed by atoms with Crippen LogP contribution in [-0.4, -0.2) is 11.2 Å². The smallest absolute Gasteiger partial charge is 0.304 e. The first-order chi connectivity index (χ1) is 3.55. The molecule has 1 nitrogen and oxygen atoms in total. The third-order valence-corrected chi connectivity index (χ3v) is 0.547. The van der Waals surface area contributed by atoms with Crippen LogP contribution >= 0.6 is 0 Å². The zero-order chi connectivity index (χ0) is 6.73. The SMILES string of the molecule is CC(O)C(F)=C(F)F.